The summed E-state index contributed by atoms with van der Waals surface area (Å²) in [6.07, 6.45) is 1.70. The van der Waals surface area contributed by atoms with Crippen molar-refractivity contribution in [3.05, 3.63) is 23.8 Å². The Kier molecular flexibility index (Phi) is 2.52. The predicted molar refractivity (Wildman–Crippen MR) is 65.8 cm³/mol. The smallest absolute Gasteiger partial charge is 0.232 e. The minimum absolute atomic E-state index is 0.0300. The Balaban J connectivity index is 1.88. The van der Waals surface area contributed by atoms with E-state index in [9.17, 15) is 4.79 Å². The van der Waals surface area contributed by atoms with Crippen LogP contribution in [0.4, 0.5) is 11.4 Å². The zero-order valence-corrected chi connectivity index (χ0v) is 9.69. The van der Waals surface area contributed by atoms with E-state index in [0.29, 0.717) is 13.2 Å². The van der Waals surface area contributed by atoms with Crippen LogP contribution in [0.15, 0.2) is 18.2 Å². The van der Waals surface area contributed by atoms with Gasteiger partial charge in [0, 0.05) is 30.1 Å². The van der Waals surface area contributed by atoms with E-state index in [0.717, 1.165) is 36.3 Å². The summed E-state index contributed by atoms with van der Waals surface area (Å²) in [5.41, 5.74) is 8.82. The van der Waals surface area contributed by atoms with Crippen molar-refractivity contribution in [3.63, 3.8) is 0 Å². The molecule has 4 heteroatoms. The number of nitrogen functional groups attached to an aromatic ring is 1. The Morgan fingerprint density at radius 3 is 3.12 bits per heavy atom. The zero-order chi connectivity index (χ0) is 11.8. The Hall–Kier alpha value is -1.55. The van der Waals surface area contributed by atoms with Crippen LogP contribution in [-0.2, 0) is 16.0 Å². The van der Waals surface area contributed by atoms with Crippen LogP contribution in [0.2, 0.25) is 0 Å². The molecule has 0 spiro atoms. The fourth-order valence-corrected chi connectivity index (χ4v) is 2.64. The van der Waals surface area contributed by atoms with E-state index >= 15 is 0 Å². The van der Waals surface area contributed by atoms with E-state index in [1.54, 1.807) is 0 Å². The highest BCUT2D eigenvalue weighted by Crippen LogP contribution is 2.33. The largest absolute Gasteiger partial charge is 0.398 e. The number of hydrogen-bond donors (Lipinski definition) is 1. The van der Waals surface area contributed by atoms with Crippen LogP contribution in [0.25, 0.3) is 0 Å². The SMILES string of the molecule is Nc1cccc2c1CCN2C(=O)C1CCOC1. The van der Waals surface area contributed by atoms with Crippen LogP contribution in [0.3, 0.4) is 0 Å². The summed E-state index contributed by atoms with van der Waals surface area (Å²) in [5, 5.41) is 0. The molecule has 1 fully saturated rings. The summed E-state index contributed by atoms with van der Waals surface area (Å²) in [7, 11) is 0. The Morgan fingerprint density at radius 1 is 1.47 bits per heavy atom. The number of benzene rings is 1. The third kappa shape index (κ3) is 1.69. The van der Waals surface area contributed by atoms with E-state index in [1.165, 1.54) is 0 Å². The van der Waals surface area contributed by atoms with Gasteiger partial charge in [-0.1, -0.05) is 6.07 Å². The topological polar surface area (TPSA) is 55.6 Å². The lowest BCUT2D eigenvalue weighted by molar-refractivity contribution is -0.122. The first-order valence-corrected chi connectivity index (χ1v) is 6.04. The molecule has 1 atom stereocenters. The predicted octanol–water partition coefficient (Wildman–Crippen LogP) is 1.19. The molecule has 0 saturated carbocycles. The minimum atomic E-state index is 0.0300. The first kappa shape index (κ1) is 10.6. The van der Waals surface area contributed by atoms with Crippen LogP contribution in [0.1, 0.15) is 12.0 Å². The Bertz CT molecular complexity index is 453. The number of nitrogens with zero attached hydrogens (tertiary/aromatic N) is 1. The Morgan fingerprint density at radius 2 is 2.35 bits per heavy atom. The highest BCUT2D eigenvalue weighted by molar-refractivity contribution is 5.98. The van der Waals surface area contributed by atoms with Crippen LogP contribution >= 0.6 is 0 Å². The standard InChI is InChI=1S/C13H16N2O2/c14-11-2-1-3-12-10(11)4-6-15(12)13(16)9-5-7-17-8-9/h1-3,9H,4-8,14H2. The highest BCUT2D eigenvalue weighted by atomic mass is 16.5. The molecule has 1 aromatic rings. The van der Waals surface area contributed by atoms with Gasteiger partial charge in [-0.25, -0.2) is 0 Å². The molecule has 17 heavy (non-hydrogen) atoms. The van der Waals surface area contributed by atoms with Crippen molar-refractivity contribution in [1.82, 2.24) is 0 Å². The molecule has 3 rings (SSSR count). The molecule has 0 aromatic heterocycles. The molecule has 0 bridgehead atoms. The molecular weight excluding hydrogens is 216 g/mol. The minimum Gasteiger partial charge on any atom is -0.398 e. The van der Waals surface area contributed by atoms with E-state index in [2.05, 4.69) is 0 Å². The zero-order valence-electron chi connectivity index (χ0n) is 9.69. The summed E-state index contributed by atoms with van der Waals surface area (Å²) < 4.78 is 5.28. The second-order valence-electron chi connectivity index (χ2n) is 4.65. The van der Waals surface area contributed by atoms with Crippen molar-refractivity contribution < 1.29 is 9.53 Å². The maximum Gasteiger partial charge on any atom is 0.232 e. The number of ether oxygens (including phenoxy) is 1. The van der Waals surface area contributed by atoms with Crippen molar-refractivity contribution in [2.45, 2.75) is 12.8 Å². The fourth-order valence-electron chi connectivity index (χ4n) is 2.64. The lowest BCUT2D eigenvalue weighted by Gasteiger charge is -2.20. The van der Waals surface area contributed by atoms with Gasteiger partial charge in [-0.2, -0.15) is 0 Å². The lowest BCUT2D eigenvalue weighted by Crippen LogP contribution is -2.35. The first-order chi connectivity index (χ1) is 8.27. The average Bonchev–Trinajstić information content (AvgIpc) is 2.98. The third-order valence-electron chi connectivity index (χ3n) is 3.61. The monoisotopic (exact) mass is 232 g/mol. The van der Waals surface area contributed by atoms with Gasteiger partial charge in [0.1, 0.15) is 0 Å². The molecule has 4 nitrogen and oxygen atoms in total. The van der Waals surface area contributed by atoms with Crippen molar-refractivity contribution in [2.75, 3.05) is 30.4 Å². The summed E-state index contributed by atoms with van der Waals surface area (Å²) in [5.74, 6) is 0.217. The number of rotatable bonds is 1. The van der Waals surface area contributed by atoms with Crippen LogP contribution < -0.4 is 10.6 Å². The van der Waals surface area contributed by atoms with E-state index < -0.39 is 0 Å². The van der Waals surface area contributed by atoms with Crippen molar-refractivity contribution in [1.29, 1.82) is 0 Å². The number of amides is 1. The van der Waals surface area contributed by atoms with Gasteiger partial charge in [-0.05, 0) is 25.0 Å². The number of fused-ring (bicyclic) bond motifs is 1. The molecule has 1 amide bonds. The van der Waals surface area contributed by atoms with Gasteiger partial charge in [-0.15, -0.1) is 0 Å². The van der Waals surface area contributed by atoms with Gasteiger partial charge >= 0.3 is 0 Å². The Labute approximate surface area is 100 Å². The summed E-state index contributed by atoms with van der Waals surface area (Å²) in [6.45, 7) is 2.01. The molecule has 2 heterocycles. The van der Waals surface area contributed by atoms with Gasteiger partial charge in [0.15, 0.2) is 0 Å². The number of carbonyl (C=O) groups excluding carboxylic acids is 1. The molecule has 0 radical (unpaired) electrons. The van der Waals surface area contributed by atoms with Crippen molar-refractivity contribution in [2.24, 2.45) is 5.92 Å². The van der Waals surface area contributed by atoms with E-state index in [-0.39, 0.29) is 11.8 Å². The molecule has 2 aliphatic rings. The summed E-state index contributed by atoms with van der Waals surface area (Å²) in [4.78, 5) is 14.2. The summed E-state index contributed by atoms with van der Waals surface area (Å²) >= 11 is 0. The second-order valence-corrected chi connectivity index (χ2v) is 4.65. The molecule has 0 aliphatic carbocycles. The summed E-state index contributed by atoms with van der Waals surface area (Å²) in [6, 6.07) is 5.78. The fraction of sp³-hybridized carbons (Fsp3) is 0.462. The maximum atomic E-state index is 12.3. The maximum absolute atomic E-state index is 12.3. The lowest BCUT2D eigenvalue weighted by atomic mass is 10.1. The van der Waals surface area contributed by atoms with Gasteiger partial charge in [0.25, 0.3) is 0 Å². The first-order valence-electron chi connectivity index (χ1n) is 6.04. The van der Waals surface area contributed by atoms with Crippen molar-refractivity contribution >= 4 is 17.3 Å². The molecule has 1 aromatic carbocycles. The number of hydrogen-bond acceptors (Lipinski definition) is 3. The van der Waals surface area contributed by atoms with Crippen LogP contribution in [0.5, 0.6) is 0 Å². The van der Waals surface area contributed by atoms with Gasteiger partial charge in [0.2, 0.25) is 5.91 Å². The van der Waals surface area contributed by atoms with Gasteiger partial charge in [-0.3, -0.25) is 4.79 Å². The average molecular weight is 232 g/mol. The quantitative estimate of drug-likeness (QED) is 0.740. The van der Waals surface area contributed by atoms with E-state index in [1.807, 2.05) is 23.1 Å². The van der Waals surface area contributed by atoms with Crippen LogP contribution in [0, 0.1) is 5.92 Å². The van der Waals surface area contributed by atoms with Crippen molar-refractivity contribution in [3.8, 4) is 0 Å². The number of carbonyl (C=O) groups is 1. The van der Waals surface area contributed by atoms with E-state index in [4.69, 9.17) is 10.5 Å². The molecule has 2 aliphatic heterocycles. The molecule has 2 N–H and O–H groups in total. The number of nitrogens with two attached hydrogens (primary N) is 1. The van der Waals surface area contributed by atoms with Gasteiger partial charge in [0.05, 0.1) is 12.5 Å². The normalized spacial score (nSPS) is 22.8. The van der Waals surface area contributed by atoms with Crippen LogP contribution in [-0.4, -0.2) is 25.7 Å². The number of anilines is 2. The van der Waals surface area contributed by atoms with Gasteiger partial charge < -0.3 is 15.4 Å². The molecule has 1 unspecified atom stereocenters. The highest BCUT2D eigenvalue weighted by Gasteiger charge is 2.32. The molecule has 1 saturated heterocycles. The molecular formula is C13H16N2O2. The molecule has 90 valence electrons. The third-order valence-corrected chi connectivity index (χ3v) is 3.61. The second kappa shape index (κ2) is 4.04.